The second kappa shape index (κ2) is 5.86. The molecule has 0 spiro atoms. The highest BCUT2D eigenvalue weighted by Gasteiger charge is 2.35. The van der Waals surface area contributed by atoms with Crippen LogP contribution >= 0.6 is 0 Å². The van der Waals surface area contributed by atoms with Gasteiger partial charge in [-0.15, -0.1) is 0 Å². The molecule has 0 amide bonds. The minimum atomic E-state index is 0.787. The van der Waals surface area contributed by atoms with Crippen LogP contribution in [0.2, 0.25) is 0 Å². The van der Waals surface area contributed by atoms with Gasteiger partial charge in [0.05, 0.1) is 0 Å². The van der Waals surface area contributed by atoms with Gasteiger partial charge in [0.1, 0.15) is 0 Å². The van der Waals surface area contributed by atoms with Crippen molar-refractivity contribution in [2.24, 2.45) is 11.8 Å². The lowest BCUT2D eigenvalue weighted by molar-refractivity contribution is 0.157. The van der Waals surface area contributed by atoms with Gasteiger partial charge in [-0.25, -0.2) is 0 Å². The van der Waals surface area contributed by atoms with Gasteiger partial charge in [-0.1, -0.05) is 12.8 Å². The molecule has 2 fully saturated rings. The van der Waals surface area contributed by atoms with Crippen LogP contribution in [0.15, 0.2) is 0 Å². The zero-order valence-electron chi connectivity index (χ0n) is 10.0. The van der Waals surface area contributed by atoms with Crippen molar-refractivity contribution < 1.29 is 4.74 Å². The minimum Gasteiger partial charge on any atom is -0.385 e. The Hall–Kier alpha value is -0.0800. The molecule has 1 N–H and O–H groups in total. The molecular weight excluding hydrogens is 186 g/mol. The van der Waals surface area contributed by atoms with Crippen molar-refractivity contribution in [3.8, 4) is 0 Å². The summed E-state index contributed by atoms with van der Waals surface area (Å²) in [6, 6.07) is 0.787. The molecule has 2 heteroatoms. The maximum absolute atomic E-state index is 5.24. The van der Waals surface area contributed by atoms with E-state index in [2.05, 4.69) is 5.32 Å². The van der Waals surface area contributed by atoms with E-state index in [1.807, 2.05) is 7.11 Å². The van der Waals surface area contributed by atoms with Crippen LogP contribution in [-0.2, 0) is 4.74 Å². The van der Waals surface area contributed by atoms with Gasteiger partial charge in [-0.05, 0) is 50.5 Å². The van der Waals surface area contributed by atoms with Gasteiger partial charge in [0, 0.05) is 19.8 Å². The van der Waals surface area contributed by atoms with Crippen LogP contribution < -0.4 is 5.32 Å². The fourth-order valence-corrected chi connectivity index (χ4v) is 2.96. The molecule has 1 aliphatic carbocycles. The van der Waals surface area contributed by atoms with Crippen molar-refractivity contribution in [2.75, 3.05) is 20.3 Å². The molecule has 15 heavy (non-hydrogen) atoms. The first-order chi connectivity index (χ1) is 7.42. The second-order valence-electron chi connectivity index (χ2n) is 5.19. The van der Waals surface area contributed by atoms with Gasteiger partial charge < -0.3 is 10.1 Å². The fraction of sp³-hybridized carbons (Fsp3) is 1.00. The van der Waals surface area contributed by atoms with E-state index in [0.717, 1.165) is 24.5 Å². The van der Waals surface area contributed by atoms with Gasteiger partial charge in [0.15, 0.2) is 0 Å². The molecule has 2 rings (SSSR count). The number of methoxy groups -OCH3 is 1. The number of ether oxygens (including phenoxy) is 1. The summed E-state index contributed by atoms with van der Waals surface area (Å²) in [7, 11) is 1.82. The topological polar surface area (TPSA) is 21.3 Å². The van der Waals surface area contributed by atoms with Crippen molar-refractivity contribution in [3.63, 3.8) is 0 Å². The summed E-state index contributed by atoms with van der Waals surface area (Å²) in [6.07, 6.45) is 9.81. The summed E-state index contributed by atoms with van der Waals surface area (Å²) in [4.78, 5) is 0. The fourth-order valence-electron chi connectivity index (χ4n) is 2.96. The lowest BCUT2D eigenvalue weighted by Crippen LogP contribution is -2.37. The quantitative estimate of drug-likeness (QED) is 0.754. The van der Waals surface area contributed by atoms with E-state index in [9.17, 15) is 0 Å². The molecule has 1 heterocycles. The number of rotatable bonds is 5. The average molecular weight is 211 g/mol. The Kier molecular flexibility index (Phi) is 4.45. The summed E-state index contributed by atoms with van der Waals surface area (Å²) in [5, 5.41) is 3.76. The van der Waals surface area contributed by atoms with Crippen LogP contribution in [0.5, 0.6) is 0 Å². The summed E-state index contributed by atoms with van der Waals surface area (Å²) in [5.74, 6) is 1.90. The molecular formula is C13H25NO. The van der Waals surface area contributed by atoms with E-state index < -0.39 is 0 Å². The highest BCUT2D eigenvalue weighted by molar-refractivity contribution is 4.89. The molecule has 2 aliphatic rings. The van der Waals surface area contributed by atoms with E-state index in [4.69, 9.17) is 4.74 Å². The van der Waals surface area contributed by atoms with Crippen LogP contribution in [0.3, 0.4) is 0 Å². The second-order valence-corrected chi connectivity index (χ2v) is 5.19. The zero-order chi connectivity index (χ0) is 10.5. The van der Waals surface area contributed by atoms with E-state index >= 15 is 0 Å². The Balaban J connectivity index is 1.83. The molecule has 0 aromatic carbocycles. The molecule has 2 nitrogen and oxygen atoms in total. The number of nitrogens with one attached hydrogen (secondary N) is 1. The monoisotopic (exact) mass is 211 g/mol. The Morgan fingerprint density at radius 3 is 2.80 bits per heavy atom. The molecule has 2 atom stereocenters. The number of hydrogen-bond acceptors (Lipinski definition) is 2. The summed E-state index contributed by atoms with van der Waals surface area (Å²) in [5.41, 5.74) is 0. The van der Waals surface area contributed by atoms with Gasteiger partial charge in [-0.2, -0.15) is 0 Å². The van der Waals surface area contributed by atoms with E-state index in [1.54, 1.807) is 0 Å². The van der Waals surface area contributed by atoms with Crippen LogP contribution in [0.1, 0.15) is 44.9 Å². The Labute approximate surface area is 93.8 Å². The summed E-state index contributed by atoms with van der Waals surface area (Å²) < 4.78 is 5.24. The summed E-state index contributed by atoms with van der Waals surface area (Å²) >= 11 is 0. The Morgan fingerprint density at radius 2 is 2.07 bits per heavy atom. The molecule has 0 radical (unpaired) electrons. The normalized spacial score (nSPS) is 29.8. The molecule has 0 aromatic heterocycles. The van der Waals surface area contributed by atoms with Gasteiger partial charge in [0.25, 0.3) is 0 Å². The highest BCUT2D eigenvalue weighted by Crippen LogP contribution is 2.41. The van der Waals surface area contributed by atoms with Gasteiger partial charge >= 0.3 is 0 Å². The molecule has 0 bridgehead atoms. The number of hydrogen-bond donors (Lipinski definition) is 1. The lowest BCUT2D eigenvalue weighted by atomic mass is 9.88. The van der Waals surface area contributed by atoms with Crippen molar-refractivity contribution in [3.05, 3.63) is 0 Å². The minimum absolute atomic E-state index is 0.787. The van der Waals surface area contributed by atoms with Crippen LogP contribution in [0.25, 0.3) is 0 Å². The Morgan fingerprint density at radius 1 is 1.20 bits per heavy atom. The van der Waals surface area contributed by atoms with Gasteiger partial charge in [0.2, 0.25) is 0 Å². The molecule has 0 aromatic rings. The molecule has 1 saturated carbocycles. The molecule has 1 saturated heterocycles. The lowest BCUT2D eigenvalue weighted by Gasteiger charge is -2.26. The maximum Gasteiger partial charge on any atom is 0.0465 e. The standard InChI is InChI=1S/C13H25NO/c1-15-10-8-12(11-6-7-11)13-5-3-2-4-9-14-13/h11-14H,2-10H2,1H3. The van der Waals surface area contributed by atoms with Crippen LogP contribution in [0.4, 0.5) is 0 Å². The first-order valence-corrected chi connectivity index (χ1v) is 6.64. The maximum atomic E-state index is 5.24. The SMILES string of the molecule is COCCC(C1CC1)C1CCCCCN1. The third-order valence-electron chi connectivity index (χ3n) is 4.00. The van der Waals surface area contributed by atoms with Crippen molar-refractivity contribution in [2.45, 2.75) is 51.0 Å². The van der Waals surface area contributed by atoms with Crippen molar-refractivity contribution in [1.29, 1.82) is 0 Å². The first-order valence-electron chi connectivity index (χ1n) is 6.64. The Bertz CT molecular complexity index is 171. The van der Waals surface area contributed by atoms with E-state index in [-0.39, 0.29) is 0 Å². The predicted molar refractivity (Wildman–Crippen MR) is 63.0 cm³/mol. The van der Waals surface area contributed by atoms with E-state index in [0.29, 0.717) is 0 Å². The zero-order valence-corrected chi connectivity index (χ0v) is 10.0. The largest absolute Gasteiger partial charge is 0.385 e. The summed E-state index contributed by atoms with van der Waals surface area (Å²) in [6.45, 7) is 2.18. The van der Waals surface area contributed by atoms with Crippen LogP contribution in [0, 0.1) is 11.8 Å². The molecule has 88 valence electrons. The highest BCUT2D eigenvalue weighted by atomic mass is 16.5. The van der Waals surface area contributed by atoms with Gasteiger partial charge in [-0.3, -0.25) is 0 Å². The molecule has 2 unspecified atom stereocenters. The third-order valence-corrected chi connectivity index (χ3v) is 4.00. The smallest absolute Gasteiger partial charge is 0.0465 e. The molecule has 1 aliphatic heterocycles. The van der Waals surface area contributed by atoms with Crippen molar-refractivity contribution >= 4 is 0 Å². The third kappa shape index (κ3) is 3.46. The van der Waals surface area contributed by atoms with Crippen LogP contribution in [-0.4, -0.2) is 26.3 Å². The van der Waals surface area contributed by atoms with E-state index in [1.165, 1.54) is 51.5 Å². The first kappa shape index (κ1) is 11.4. The van der Waals surface area contributed by atoms with Crippen molar-refractivity contribution in [1.82, 2.24) is 5.32 Å². The average Bonchev–Trinajstić information content (AvgIpc) is 3.05. The predicted octanol–water partition coefficient (Wildman–Crippen LogP) is 2.58.